The van der Waals surface area contributed by atoms with Gasteiger partial charge in [-0.05, 0) is 18.3 Å². The number of hydrogen-bond acceptors (Lipinski definition) is 8. The number of carbonyl (C=O) groups is 3. The van der Waals surface area contributed by atoms with Crippen LogP contribution >= 0.6 is 11.8 Å². The van der Waals surface area contributed by atoms with Crippen molar-refractivity contribution in [2.24, 2.45) is 11.8 Å². The van der Waals surface area contributed by atoms with Gasteiger partial charge in [-0.2, -0.15) is 4.68 Å². The van der Waals surface area contributed by atoms with Gasteiger partial charge in [-0.15, -0.1) is 5.10 Å². The van der Waals surface area contributed by atoms with Gasteiger partial charge in [0.1, 0.15) is 5.25 Å². The molecule has 9 nitrogen and oxygen atoms in total. The predicted molar refractivity (Wildman–Crippen MR) is 124 cm³/mol. The number of thioether (sulfide) groups is 1. The number of carbonyl (C=O) groups excluding carboxylic acids is 3. The molecule has 0 bridgehead atoms. The van der Waals surface area contributed by atoms with Crippen molar-refractivity contribution in [3.63, 3.8) is 0 Å². The van der Waals surface area contributed by atoms with Gasteiger partial charge in [-0.25, -0.2) is 9.78 Å². The summed E-state index contributed by atoms with van der Waals surface area (Å²) >= 11 is 0.997. The zero-order valence-electron chi connectivity index (χ0n) is 20.8. The summed E-state index contributed by atoms with van der Waals surface area (Å²) in [4.78, 5) is 43.8. The van der Waals surface area contributed by atoms with Crippen molar-refractivity contribution in [1.82, 2.24) is 19.7 Å². The standard InChI is InChI=1S/C22H38N4O5S/c1-10-22(6,7)19-23-20(26(24-19)21(29)25(8)9)32-16(18(28)31-13-15(4)5)11-17(27)30-12-14(2)3/h14-16H,10-13H2,1-9H3. The van der Waals surface area contributed by atoms with Gasteiger partial charge < -0.3 is 14.4 Å². The van der Waals surface area contributed by atoms with Gasteiger partial charge in [0.25, 0.3) is 0 Å². The lowest BCUT2D eigenvalue weighted by Gasteiger charge is -2.17. The predicted octanol–water partition coefficient (Wildman–Crippen LogP) is 3.74. The molecule has 1 amide bonds. The summed E-state index contributed by atoms with van der Waals surface area (Å²) in [5.74, 6) is -0.231. The summed E-state index contributed by atoms with van der Waals surface area (Å²) in [6.07, 6.45) is 0.572. The molecule has 1 heterocycles. The van der Waals surface area contributed by atoms with Crippen molar-refractivity contribution < 1.29 is 23.9 Å². The molecule has 0 aliphatic heterocycles. The second-order valence-electron chi connectivity index (χ2n) is 9.46. The normalized spacial score (nSPS) is 12.7. The van der Waals surface area contributed by atoms with Crippen LogP contribution < -0.4 is 0 Å². The minimum Gasteiger partial charge on any atom is -0.465 e. The molecular formula is C22H38N4O5S. The zero-order valence-corrected chi connectivity index (χ0v) is 21.6. The maximum Gasteiger partial charge on any atom is 0.346 e. The van der Waals surface area contributed by atoms with Crippen molar-refractivity contribution >= 4 is 29.7 Å². The highest BCUT2D eigenvalue weighted by molar-refractivity contribution is 8.00. The third-order valence-electron chi connectivity index (χ3n) is 4.63. The lowest BCUT2D eigenvalue weighted by molar-refractivity contribution is -0.150. The summed E-state index contributed by atoms with van der Waals surface area (Å²) in [6, 6.07) is -0.394. The highest BCUT2D eigenvalue weighted by Crippen LogP contribution is 2.30. The molecule has 0 N–H and O–H groups in total. The minimum atomic E-state index is -0.913. The number of ether oxygens (including phenoxy) is 2. The van der Waals surface area contributed by atoms with E-state index in [1.54, 1.807) is 14.1 Å². The van der Waals surface area contributed by atoms with Gasteiger partial charge in [-0.1, -0.05) is 60.2 Å². The van der Waals surface area contributed by atoms with Crippen LogP contribution in [0.15, 0.2) is 5.16 Å². The van der Waals surface area contributed by atoms with E-state index in [0.717, 1.165) is 18.2 Å². The second kappa shape index (κ2) is 12.2. The van der Waals surface area contributed by atoms with Crippen LogP contribution in [0, 0.1) is 11.8 Å². The minimum absolute atomic E-state index is 0.147. The molecule has 10 heteroatoms. The van der Waals surface area contributed by atoms with Crippen molar-refractivity contribution in [3.05, 3.63) is 5.82 Å². The molecule has 0 aromatic carbocycles. The molecule has 1 aromatic rings. The molecule has 1 rings (SSSR count). The smallest absolute Gasteiger partial charge is 0.346 e. The Hall–Kier alpha value is -2.10. The Kier molecular flexibility index (Phi) is 10.7. The SMILES string of the molecule is CCC(C)(C)c1nc(SC(CC(=O)OCC(C)C)C(=O)OCC(C)C)n(C(=O)N(C)C)n1. The van der Waals surface area contributed by atoms with Gasteiger partial charge in [0.15, 0.2) is 11.0 Å². The molecule has 0 aliphatic rings. The van der Waals surface area contributed by atoms with Crippen LogP contribution in [0.3, 0.4) is 0 Å². The van der Waals surface area contributed by atoms with Crippen LogP contribution in [-0.2, 0) is 24.5 Å². The molecule has 0 fully saturated rings. The monoisotopic (exact) mass is 470 g/mol. The van der Waals surface area contributed by atoms with Crippen molar-refractivity contribution in [3.8, 4) is 0 Å². The van der Waals surface area contributed by atoms with Gasteiger partial charge in [0.05, 0.1) is 19.6 Å². The summed E-state index contributed by atoms with van der Waals surface area (Å²) in [5.41, 5.74) is -0.364. The van der Waals surface area contributed by atoms with Crippen LogP contribution in [0.1, 0.15) is 67.1 Å². The summed E-state index contributed by atoms with van der Waals surface area (Å²) in [6.45, 7) is 14.2. The van der Waals surface area contributed by atoms with E-state index in [2.05, 4.69) is 10.1 Å². The number of rotatable bonds is 11. The Morgan fingerprint density at radius 2 is 1.62 bits per heavy atom. The molecule has 1 aromatic heterocycles. The largest absolute Gasteiger partial charge is 0.465 e. The number of hydrogen-bond donors (Lipinski definition) is 0. The Bertz CT molecular complexity index is 789. The lowest BCUT2D eigenvalue weighted by atomic mass is 9.90. The molecule has 1 atom stereocenters. The fraction of sp³-hybridized carbons (Fsp3) is 0.773. The number of nitrogens with zero attached hydrogens (tertiary/aromatic N) is 4. The quantitative estimate of drug-likeness (QED) is 0.356. The van der Waals surface area contributed by atoms with Crippen molar-refractivity contribution in [2.75, 3.05) is 27.3 Å². The lowest BCUT2D eigenvalue weighted by Crippen LogP contribution is -2.31. The first-order valence-corrected chi connectivity index (χ1v) is 11.8. The van der Waals surface area contributed by atoms with Crippen LogP contribution in [0.5, 0.6) is 0 Å². The highest BCUT2D eigenvalue weighted by atomic mass is 32.2. The fourth-order valence-corrected chi connectivity index (χ4v) is 3.24. The third kappa shape index (κ3) is 8.44. The summed E-state index contributed by atoms with van der Waals surface area (Å²) in [5, 5.41) is 3.75. The van der Waals surface area contributed by atoms with Gasteiger partial charge in [0.2, 0.25) is 0 Å². The Labute approximate surface area is 195 Å². The second-order valence-corrected chi connectivity index (χ2v) is 10.6. The van der Waals surface area contributed by atoms with E-state index in [1.165, 1.54) is 9.58 Å². The first kappa shape index (κ1) is 27.9. The van der Waals surface area contributed by atoms with E-state index in [0.29, 0.717) is 5.82 Å². The van der Waals surface area contributed by atoms with Crippen LogP contribution in [0.25, 0.3) is 0 Å². The van der Waals surface area contributed by atoms with Crippen LogP contribution in [-0.4, -0.2) is 70.2 Å². The molecule has 0 radical (unpaired) electrons. The molecular weight excluding hydrogens is 432 g/mol. The highest BCUT2D eigenvalue weighted by Gasteiger charge is 2.32. The van der Waals surface area contributed by atoms with E-state index in [4.69, 9.17) is 9.47 Å². The Balaban J connectivity index is 3.26. The third-order valence-corrected chi connectivity index (χ3v) is 5.75. The van der Waals surface area contributed by atoms with Crippen molar-refractivity contribution in [1.29, 1.82) is 0 Å². The molecule has 0 spiro atoms. The molecule has 0 aliphatic carbocycles. The van der Waals surface area contributed by atoms with Gasteiger partial charge >= 0.3 is 18.0 Å². The van der Waals surface area contributed by atoms with Crippen LogP contribution in [0.4, 0.5) is 4.79 Å². The van der Waals surface area contributed by atoms with E-state index in [9.17, 15) is 14.4 Å². The first-order valence-electron chi connectivity index (χ1n) is 11.0. The van der Waals surface area contributed by atoms with E-state index < -0.39 is 23.2 Å². The average Bonchev–Trinajstić information content (AvgIpc) is 3.13. The molecule has 32 heavy (non-hydrogen) atoms. The Morgan fingerprint density at radius 1 is 1.06 bits per heavy atom. The fourth-order valence-electron chi connectivity index (χ4n) is 2.24. The van der Waals surface area contributed by atoms with Crippen LogP contribution in [0.2, 0.25) is 0 Å². The molecule has 1 unspecified atom stereocenters. The van der Waals surface area contributed by atoms with E-state index >= 15 is 0 Å². The molecule has 0 saturated heterocycles. The summed E-state index contributed by atoms with van der Waals surface area (Å²) in [7, 11) is 3.22. The number of aromatic nitrogens is 3. The maximum absolute atomic E-state index is 12.8. The number of esters is 2. The molecule has 0 saturated carbocycles. The van der Waals surface area contributed by atoms with Gasteiger partial charge in [0, 0.05) is 19.5 Å². The topological polar surface area (TPSA) is 104 Å². The zero-order chi connectivity index (χ0) is 24.6. The first-order chi connectivity index (χ1) is 14.8. The van der Waals surface area contributed by atoms with Crippen molar-refractivity contribution in [2.45, 2.75) is 77.1 Å². The Morgan fingerprint density at radius 3 is 2.12 bits per heavy atom. The summed E-state index contributed by atoms with van der Waals surface area (Å²) < 4.78 is 11.8. The van der Waals surface area contributed by atoms with E-state index in [1.807, 2.05) is 48.5 Å². The average molecular weight is 471 g/mol. The van der Waals surface area contributed by atoms with E-state index in [-0.39, 0.29) is 42.0 Å². The maximum atomic E-state index is 12.8. The molecule has 182 valence electrons. The van der Waals surface area contributed by atoms with Gasteiger partial charge in [-0.3, -0.25) is 9.59 Å². The number of amides is 1.